The maximum Gasteiger partial charge on any atom is 0.304 e. The van der Waals surface area contributed by atoms with Crippen LogP contribution >= 0.6 is 23.4 Å². The molecule has 1 aromatic carbocycles. The number of fused-ring (bicyclic) bond motifs is 1. The quantitative estimate of drug-likeness (QED) is 0.837. The summed E-state index contributed by atoms with van der Waals surface area (Å²) in [5.41, 5.74) is 4.33. The smallest absolute Gasteiger partial charge is 0.304 e. The van der Waals surface area contributed by atoms with E-state index in [4.69, 9.17) is 11.6 Å². The molecule has 1 aromatic heterocycles. The first-order chi connectivity index (χ1) is 11.8. The lowest BCUT2D eigenvalue weighted by atomic mass is 9.99. The second kappa shape index (κ2) is 6.92. The molecule has 5 nitrogen and oxygen atoms in total. The lowest BCUT2D eigenvalue weighted by Crippen LogP contribution is -2.30. The zero-order chi connectivity index (χ0) is 18.3. The summed E-state index contributed by atoms with van der Waals surface area (Å²) in [4.78, 5) is 11.3. The Balaban J connectivity index is 2.13. The Morgan fingerprint density at radius 3 is 2.80 bits per heavy atom. The Morgan fingerprint density at radius 1 is 1.44 bits per heavy atom. The van der Waals surface area contributed by atoms with Crippen molar-refractivity contribution in [3.63, 3.8) is 0 Å². The van der Waals surface area contributed by atoms with E-state index in [2.05, 4.69) is 10.4 Å². The average molecular weight is 380 g/mol. The van der Waals surface area contributed by atoms with Gasteiger partial charge < -0.3 is 10.4 Å². The van der Waals surface area contributed by atoms with E-state index in [1.807, 2.05) is 50.7 Å². The van der Waals surface area contributed by atoms with Gasteiger partial charge in [-0.3, -0.25) is 9.48 Å². The van der Waals surface area contributed by atoms with Crippen LogP contribution in [0.25, 0.3) is 0 Å². The molecule has 1 aliphatic heterocycles. The Morgan fingerprint density at radius 2 is 2.16 bits per heavy atom. The number of aryl methyl sites for hydroxylation is 3. The molecule has 0 saturated heterocycles. The highest BCUT2D eigenvalue weighted by atomic mass is 35.5. The number of thioether (sulfide) groups is 1. The van der Waals surface area contributed by atoms with Crippen molar-refractivity contribution in [2.45, 2.75) is 43.7 Å². The summed E-state index contributed by atoms with van der Waals surface area (Å²) >= 11 is 7.82. The summed E-state index contributed by atoms with van der Waals surface area (Å²) in [5, 5.41) is 18.1. The standard InChI is InChI=1S/C18H22ClN3O2S/c1-9-7-12(19)5-6-13(9)17-16-11(3)21-22(4)18(16)20-10(2)14(25-17)8-15(23)24/h5-7,10,14,17,20H,8H2,1-4H3,(H,23,24)/t10-,14+,17-/m1/s1. The van der Waals surface area contributed by atoms with Crippen LogP contribution in [-0.4, -0.2) is 32.1 Å². The van der Waals surface area contributed by atoms with Gasteiger partial charge >= 0.3 is 5.97 Å². The summed E-state index contributed by atoms with van der Waals surface area (Å²) < 4.78 is 1.85. The molecular formula is C18H22ClN3O2S. The van der Waals surface area contributed by atoms with Gasteiger partial charge in [0.2, 0.25) is 0 Å². The number of aliphatic carboxylic acids is 1. The Labute approximate surface area is 156 Å². The van der Waals surface area contributed by atoms with Crippen LogP contribution in [0.4, 0.5) is 5.82 Å². The predicted octanol–water partition coefficient (Wildman–Crippen LogP) is 4.17. The first kappa shape index (κ1) is 18.1. The van der Waals surface area contributed by atoms with Crippen molar-refractivity contribution in [3.8, 4) is 0 Å². The normalized spacial score (nSPS) is 22.8. The van der Waals surface area contributed by atoms with E-state index in [1.165, 1.54) is 0 Å². The topological polar surface area (TPSA) is 67.2 Å². The van der Waals surface area contributed by atoms with E-state index in [1.54, 1.807) is 11.8 Å². The summed E-state index contributed by atoms with van der Waals surface area (Å²) in [6, 6.07) is 5.91. The molecule has 0 spiro atoms. The molecule has 2 heterocycles. The molecular weight excluding hydrogens is 358 g/mol. The Kier molecular flexibility index (Phi) is 5.02. The van der Waals surface area contributed by atoms with Crippen LogP contribution in [-0.2, 0) is 11.8 Å². The molecule has 3 rings (SSSR count). The highest BCUT2D eigenvalue weighted by Crippen LogP contribution is 2.48. The molecule has 0 saturated carbocycles. The molecule has 1 aliphatic rings. The first-order valence-electron chi connectivity index (χ1n) is 8.21. The van der Waals surface area contributed by atoms with Crippen molar-refractivity contribution in [2.75, 3.05) is 5.32 Å². The van der Waals surface area contributed by atoms with Crippen molar-refractivity contribution < 1.29 is 9.90 Å². The number of nitrogens with zero attached hydrogens (tertiary/aromatic N) is 2. The number of carboxylic acid groups (broad SMARTS) is 1. The van der Waals surface area contributed by atoms with Crippen molar-refractivity contribution in [1.29, 1.82) is 0 Å². The Hall–Kier alpha value is -1.66. The van der Waals surface area contributed by atoms with Crippen LogP contribution in [0.5, 0.6) is 0 Å². The van der Waals surface area contributed by atoms with Gasteiger partial charge in [0, 0.05) is 28.9 Å². The van der Waals surface area contributed by atoms with Crippen molar-refractivity contribution in [3.05, 3.63) is 45.6 Å². The van der Waals surface area contributed by atoms with Gasteiger partial charge in [0.25, 0.3) is 0 Å². The zero-order valence-electron chi connectivity index (χ0n) is 14.7. The molecule has 0 bridgehead atoms. The second-order valence-electron chi connectivity index (χ2n) is 6.56. The van der Waals surface area contributed by atoms with Crippen LogP contribution in [0.1, 0.15) is 41.0 Å². The lowest BCUT2D eigenvalue weighted by Gasteiger charge is -2.24. The maximum atomic E-state index is 11.3. The monoisotopic (exact) mass is 379 g/mol. The summed E-state index contributed by atoms with van der Waals surface area (Å²) in [7, 11) is 1.92. The molecule has 2 N–H and O–H groups in total. The van der Waals surface area contributed by atoms with E-state index in [-0.39, 0.29) is 23.0 Å². The highest BCUT2D eigenvalue weighted by Gasteiger charge is 2.35. The van der Waals surface area contributed by atoms with Gasteiger partial charge in [0.15, 0.2) is 0 Å². The van der Waals surface area contributed by atoms with Gasteiger partial charge in [-0.1, -0.05) is 17.7 Å². The number of halogens is 1. The number of aromatic nitrogens is 2. The van der Waals surface area contributed by atoms with E-state index in [0.717, 1.165) is 28.2 Å². The molecule has 0 amide bonds. The minimum atomic E-state index is -0.779. The molecule has 0 aliphatic carbocycles. The third-order valence-electron chi connectivity index (χ3n) is 4.65. The number of hydrogen-bond acceptors (Lipinski definition) is 4. The molecule has 2 aromatic rings. The van der Waals surface area contributed by atoms with E-state index < -0.39 is 5.97 Å². The zero-order valence-corrected chi connectivity index (χ0v) is 16.3. The highest BCUT2D eigenvalue weighted by molar-refractivity contribution is 8.00. The maximum absolute atomic E-state index is 11.3. The molecule has 0 radical (unpaired) electrons. The predicted molar refractivity (Wildman–Crippen MR) is 103 cm³/mol. The summed E-state index contributed by atoms with van der Waals surface area (Å²) in [6.07, 6.45) is 0.114. The second-order valence-corrected chi connectivity index (χ2v) is 8.34. The number of hydrogen-bond donors (Lipinski definition) is 2. The third-order valence-corrected chi connectivity index (χ3v) is 6.58. The fourth-order valence-corrected chi connectivity index (χ4v) is 5.34. The van der Waals surface area contributed by atoms with Gasteiger partial charge in [0.1, 0.15) is 5.82 Å². The first-order valence-corrected chi connectivity index (χ1v) is 9.53. The van der Waals surface area contributed by atoms with E-state index >= 15 is 0 Å². The van der Waals surface area contributed by atoms with Gasteiger partial charge in [0.05, 0.1) is 17.4 Å². The van der Waals surface area contributed by atoms with Crippen LogP contribution in [0.2, 0.25) is 5.02 Å². The number of benzene rings is 1. The van der Waals surface area contributed by atoms with Crippen LogP contribution in [0, 0.1) is 13.8 Å². The minimum Gasteiger partial charge on any atom is -0.481 e. The molecule has 3 atom stereocenters. The van der Waals surface area contributed by atoms with Gasteiger partial charge in [-0.2, -0.15) is 5.10 Å². The fraction of sp³-hybridized carbons (Fsp3) is 0.444. The lowest BCUT2D eigenvalue weighted by molar-refractivity contribution is -0.137. The minimum absolute atomic E-state index is 0.0165. The van der Waals surface area contributed by atoms with E-state index in [0.29, 0.717) is 5.02 Å². The summed E-state index contributed by atoms with van der Waals surface area (Å²) in [6.45, 7) is 6.08. The van der Waals surface area contributed by atoms with Crippen molar-refractivity contribution in [2.24, 2.45) is 7.05 Å². The third kappa shape index (κ3) is 3.51. The molecule has 7 heteroatoms. The van der Waals surface area contributed by atoms with Crippen molar-refractivity contribution in [1.82, 2.24) is 9.78 Å². The summed E-state index contributed by atoms with van der Waals surface area (Å²) in [5.74, 6) is 0.184. The van der Waals surface area contributed by atoms with Crippen LogP contribution < -0.4 is 5.32 Å². The largest absolute Gasteiger partial charge is 0.481 e. The average Bonchev–Trinajstić information content (AvgIpc) is 2.69. The number of carbonyl (C=O) groups is 1. The molecule has 0 unspecified atom stereocenters. The van der Waals surface area contributed by atoms with E-state index in [9.17, 15) is 9.90 Å². The number of anilines is 1. The van der Waals surface area contributed by atoms with Gasteiger partial charge in [-0.05, 0) is 44.0 Å². The number of carboxylic acids is 1. The fourth-order valence-electron chi connectivity index (χ4n) is 3.39. The number of nitrogens with one attached hydrogen (secondary N) is 1. The van der Waals surface area contributed by atoms with Crippen LogP contribution in [0.15, 0.2) is 18.2 Å². The Bertz CT molecular complexity index is 821. The molecule has 25 heavy (non-hydrogen) atoms. The van der Waals surface area contributed by atoms with Crippen molar-refractivity contribution >= 4 is 35.1 Å². The van der Waals surface area contributed by atoms with Crippen LogP contribution in [0.3, 0.4) is 0 Å². The molecule has 134 valence electrons. The van der Waals surface area contributed by atoms with Gasteiger partial charge in [-0.25, -0.2) is 0 Å². The molecule has 0 fully saturated rings. The number of rotatable bonds is 3. The SMILES string of the molecule is Cc1cc(Cl)ccc1[C@H]1S[C@@H](CC(=O)O)[C@@H](C)Nc2c1c(C)nn2C. The van der Waals surface area contributed by atoms with Gasteiger partial charge in [-0.15, -0.1) is 11.8 Å².